The SMILES string of the molecule is Cc1ccc2cc(-c3ccccc3)ccc2c1-c1cc2c(c[n+]1C)c1ccccc1n2-c1ccccc1. The molecule has 0 spiro atoms. The van der Waals surface area contributed by atoms with Crippen molar-refractivity contribution >= 4 is 32.6 Å². The van der Waals surface area contributed by atoms with Crippen molar-refractivity contribution in [3.05, 3.63) is 133 Å². The molecule has 2 heteroatoms. The lowest BCUT2D eigenvalue weighted by Gasteiger charge is -2.12. The second-order valence-electron chi connectivity index (χ2n) is 9.82. The number of hydrogen-bond acceptors (Lipinski definition) is 0. The zero-order valence-electron chi connectivity index (χ0n) is 21.0. The number of nitrogens with zero attached hydrogens (tertiary/aromatic N) is 2. The summed E-state index contributed by atoms with van der Waals surface area (Å²) >= 11 is 0. The van der Waals surface area contributed by atoms with Crippen molar-refractivity contribution in [3.63, 3.8) is 0 Å². The van der Waals surface area contributed by atoms with Crippen LogP contribution in [-0.2, 0) is 7.05 Å². The minimum absolute atomic E-state index is 1.18. The molecule has 0 saturated heterocycles. The van der Waals surface area contributed by atoms with Crippen molar-refractivity contribution in [1.82, 2.24) is 4.57 Å². The predicted octanol–water partition coefficient (Wildman–Crippen LogP) is 8.40. The Labute approximate surface area is 216 Å². The molecule has 0 atom stereocenters. The normalized spacial score (nSPS) is 11.5. The van der Waals surface area contributed by atoms with Gasteiger partial charge in [0.1, 0.15) is 7.05 Å². The van der Waals surface area contributed by atoms with Crippen molar-refractivity contribution in [2.24, 2.45) is 7.05 Å². The molecule has 176 valence electrons. The predicted molar refractivity (Wildman–Crippen MR) is 155 cm³/mol. The highest BCUT2D eigenvalue weighted by atomic mass is 15.0. The van der Waals surface area contributed by atoms with E-state index >= 15 is 0 Å². The fourth-order valence-electron chi connectivity index (χ4n) is 5.75. The maximum atomic E-state index is 2.39. The summed E-state index contributed by atoms with van der Waals surface area (Å²) in [4.78, 5) is 0. The smallest absolute Gasteiger partial charge is 0.215 e. The van der Waals surface area contributed by atoms with Crippen LogP contribution in [0.25, 0.3) is 60.6 Å². The third-order valence-corrected chi connectivity index (χ3v) is 7.53. The van der Waals surface area contributed by atoms with E-state index in [1.807, 2.05) is 0 Å². The summed E-state index contributed by atoms with van der Waals surface area (Å²) in [6.45, 7) is 2.22. The van der Waals surface area contributed by atoms with Gasteiger partial charge in [0.05, 0.1) is 22.0 Å². The van der Waals surface area contributed by atoms with Crippen LogP contribution in [0.4, 0.5) is 0 Å². The Morgan fingerprint density at radius 1 is 0.568 bits per heavy atom. The number of fused-ring (bicyclic) bond motifs is 4. The van der Waals surface area contributed by atoms with Crippen molar-refractivity contribution in [1.29, 1.82) is 0 Å². The first-order chi connectivity index (χ1) is 18.2. The molecule has 2 heterocycles. The highest BCUT2D eigenvalue weighted by molar-refractivity contribution is 6.10. The van der Waals surface area contributed by atoms with Gasteiger partial charge in [-0.1, -0.05) is 91.0 Å². The molecule has 0 N–H and O–H groups in total. The van der Waals surface area contributed by atoms with Gasteiger partial charge in [-0.2, -0.15) is 0 Å². The standard InChI is InChI=1S/C35H27N2/c1-24-17-18-27-21-26(25-11-5-3-6-12-25)19-20-29(27)35(24)34-22-33-31(23-36(34)2)30-15-9-10-16-32(30)37(33)28-13-7-4-8-14-28/h3-23H,1-2H3/q+1. The largest absolute Gasteiger partial charge is 0.309 e. The average molecular weight is 476 g/mol. The number of hydrogen-bond donors (Lipinski definition) is 0. The molecule has 0 aliphatic heterocycles. The van der Waals surface area contributed by atoms with Crippen LogP contribution in [0, 0.1) is 6.92 Å². The van der Waals surface area contributed by atoms with Gasteiger partial charge in [-0.15, -0.1) is 0 Å². The Bertz CT molecular complexity index is 1930. The van der Waals surface area contributed by atoms with Gasteiger partial charge in [0.15, 0.2) is 6.20 Å². The van der Waals surface area contributed by atoms with Crippen molar-refractivity contribution in [3.8, 4) is 28.1 Å². The lowest BCUT2D eigenvalue weighted by molar-refractivity contribution is -0.659. The fraction of sp³-hybridized carbons (Fsp3) is 0.0571. The Morgan fingerprint density at radius 2 is 1.30 bits per heavy atom. The number of aryl methyl sites for hydroxylation is 2. The molecule has 0 radical (unpaired) electrons. The average Bonchev–Trinajstić information content (AvgIpc) is 3.26. The van der Waals surface area contributed by atoms with E-state index in [1.165, 1.54) is 66.2 Å². The second kappa shape index (κ2) is 8.46. The van der Waals surface area contributed by atoms with E-state index < -0.39 is 0 Å². The highest BCUT2D eigenvalue weighted by Gasteiger charge is 2.22. The van der Waals surface area contributed by atoms with Crippen LogP contribution in [0.5, 0.6) is 0 Å². The van der Waals surface area contributed by atoms with Crippen LogP contribution >= 0.6 is 0 Å². The first-order valence-electron chi connectivity index (χ1n) is 12.8. The van der Waals surface area contributed by atoms with Crippen LogP contribution in [0.3, 0.4) is 0 Å². The quantitative estimate of drug-likeness (QED) is 0.227. The zero-order chi connectivity index (χ0) is 24.9. The highest BCUT2D eigenvalue weighted by Crippen LogP contribution is 2.37. The van der Waals surface area contributed by atoms with Gasteiger partial charge in [-0.05, 0) is 58.7 Å². The van der Waals surface area contributed by atoms with Gasteiger partial charge in [0, 0.05) is 17.1 Å². The molecule has 0 saturated carbocycles. The molecular weight excluding hydrogens is 448 g/mol. The van der Waals surface area contributed by atoms with E-state index in [2.05, 4.69) is 151 Å². The first-order valence-corrected chi connectivity index (χ1v) is 12.8. The number of benzene rings is 5. The monoisotopic (exact) mass is 475 g/mol. The number of para-hydroxylation sites is 2. The van der Waals surface area contributed by atoms with E-state index in [0.717, 1.165) is 0 Å². The second-order valence-corrected chi connectivity index (χ2v) is 9.82. The minimum atomic E-state index is 1.18. The van der Waals surface area contributed by atoms with E-state index in [1.54, 1.807) is 0 Å². The van der Waals surface area contributed by atoms with Gasteiger partial charge in [0.2, 0.25) is 5.69 Å². The maximum Gasteiger partial charge on any atom is 0.215 e. The summed E-state index contributed by atoms with van der Waals surface area (Å²) in [5.41, 5.74) is 9.88. The fourth-order valence-corrected chi connectivity index (χ4v) is 5.75. The van der Waals surface area contributed by atoms with Crippen molar-refractivity contribution < 1.29 is 4.57 Å². The Morgan fingerprint density at radius 3 is 2.11 bits per heavy atom. The molecule has 2 aromatic heterocycles. The van der Waals surface area contributed by atoms with E-state index in [0.29, 0.717) is 0 Å². The summed E-state index contributed by atoms with van der Waals surface area (Å²) in [5.74, 6) is 0. The van der Waals surface area contributed by atoms with Crippen LogP contribution in [-0.4, -0.2) is 4.57 Å². The van der Waals surface area contributed by atoms with Crippen LogP contribution in [0.2, 0.25) is 0 Å². The van der Waals surface area contributed by atoms with Crippen molar-refractivity contribution in [2.45, 2.75) is 6.92 Å². The molecule has 0 bridgehead atoms. The first kappa shape index (κ1) is 21.6. The molecule has 0 unspecified atom stereocenters. The third kappa shape index (κ3) is 3.45. The van der Waals surface area contributed by atoms with Gasteiger partial charge in [0.25, 0.3) is 0 Å². The van der Waals surface area contributed by atoms with Crippen LogP contribution in [0.15, 0.2) is 128 Å². The number of aromatic nitrogens is 2. The lowest BCUT2D eigenvalue weighted by Crippen LogP contribution is -2.30. The van der Waals surface area contributed by atoms with E-state index in [-0.39, 0.29) is 0 Å². The van der Waals surface area contributed by atoms with E-state index in [9.17, 15) is 0 Å². The molecule has 0 amide bonds. The summed E-state index contributed by atoms with van der Waals surface area (Å²) in [5, 5.41) is 5.06. The Balaban J connectivity index is 1.52. The number of pyridine rings is 1. The molecule has 5 aromatic carbocycles. The summed E-state index contributed by atoms with van der Waals surface area (Å²) in [6, 6.07) is 43.7. The molecule has 7 aromatic rings. The van der Waals surface area contributed by atoms with Gasteiger partial charge in [-0.3, -0.25) is 0 Å². The lowest BCUT2D eigenvalue weighted by atomic mass is 9.93. The Kier molecular flexibility index (Phi) is 4.93. The maximum absolute atomic E-state index is 2.39. The molecule has 0 aliphatic carbocycles. The molecule has 0 fully saturated rings. The third-order valence-electron chi connectivity index (χ3n) is 7.53. The summed E-state index contributed by atoms with van der Waals surface area (Å²) < 4.78 is 4.68. The van der Waals surface area contributed by atoms with Gasteiger partial charge < -0.3 is 4.57 Å². The van der Waals surface area contributed by atoms with Gasteiger partial charge >= 0.3 is 0 Å². The van der Waals surface area contributed by atoms with Gasteiger partial charge in [-0.25, -0.2) is 4.57 Å². The number of rotatable bonds is 3. The van der Waals surface area contributed by atoms with Crippen LogP contribution in [0.1, 0.15) is 5.56 Å². The molecular formula is C35H27N2+. The zero-order valence-corrected chi connectivity index (χ0v) is 21.0. The molecule has 0 aliphatic rings. The topological polar surface area (TPSA) is 8.81 Å². The van der Waals surface area contributed by atoms with Crippen molar-refractivity contribution in [2.75, 3.05) is 0 Å². The summed E-state index contributed by atoms with van der Waals surface area (Å²) in [7, 11) is 2.17. The molecule has 37 heavy (non-hydrogen) atoms. The molecule has 7 rings (SSSR count). The Hall–Kier alpha value is -4.69. The van der Waals surface area contributed by atoms with Crippen LogP contribution < -0.4 is 4.57 Å². The van der Waals surface area contributed by atoms with E-state index in [4.69, 9.17) is 0 Å². The minimum Gasteiger partial charge on any atom is -0.309 e. The molecule has 2 nitrogen and oxygen atoms in total. The summed E-state index contributed by atoms with van der Waals surface area (Å²) in [6.07, 6.45) is 2.29.